The van der Waals surface area contributed by atoms with Crippen molar-refractivity contribution in [1.29, 1.82) is 0 Å². The summed E-state index contributed by atoms with van der Waals surface area (Å²) in [5.41, 5.74) is 2.52. The molecule has 1 rings (SSSR count). The lowest BCUT2D eigenvalue weighted by Crippen LogP contribution is -2.15. The second kappa shape index (κ2) is 5.99. The summed E-state index contributed by atoms with van der Waals surface area (Å²) in [6, 6.07) is 6.84. The van der Waals surface area contributed by atoms with Gasteiger partial charge in [0.2, 0.25) is 0 Å². The van der Waals surface area contributed by atoms with Crippen molar-refractivity contribution in [1.82, 2.24) is 4.90 Å². The number of nitrogens with zero attached hydrogens (tertiary/aromatic N) is 1. The second-order valence-corrected chi connectivity index (χ2v) is 3.87. The highest BCUT2D eigenvalue weighted by Crippen LogP contribution is 2.20. The maximum atomic E-state index is 5.74. The number of halogens is 1. The van der Waals surface area contributed by atoms with Gasteiger partial charge >= 0.3 is 0 Å². The van der Waals surface area contributed by atoms with Crippen molar-refractivity contribution in [2.75, 3.05) is 20.2 Å². The third-order valence-electron chi connectivity index (χ3n) is 2.38. The lowest BCUT2D eigenvalue weighted by molar-refractivity contribution is 0.380. The topological polar surface area (TPSA) is 12.5 Å². The maximum Gasteiger partial charge on any atom is 0.122 e. The fraction of sp³-hybridized carbons (Fsp3) is 0.500. The highest BCUT2D eigenvalue weighted by atomic mass is 35.5. The SMILES string of the molecule is CCc1cc(CN(C)CCl)ccc1OC. The van der Waals surface area contributed by atoms with Crippen LogP contribution >= 0.6 is 11.6 Å². The number of alkyl halides is 1. The van der Waals surface area contributed by atoms with Crippen LogP contribution in [0.15, 0.2) is 18.2 Å². The molecule has 0 spiro atoms. The Morgan fingerprint density at radius 2 is 2.13 bits per heavy atom. The Morgan fingerprint density at radius 3 is 2.67 bits per heavy atom. The zero-order chi connectivity index (χ0) is 11.3. The van der Waals surface area contributed by atoms with Gasteiger partial charge in [0, 0.05) is 6.54 Å². The summed E-state index contributed by atoms with van der Waals surface area (Å²) in [5.74, 6) is 0.967. The fourth-order valence-electron chi connectivity index (χ4n) is 1.56. The molecule has 0 radical (unpaired) electrons. The average Bonchev–Trinajstić information content (AvgIpc) is 2.28. The van der Waals surface area contributed by atoms with E-state index in [1.165, 1.54) is 11.1 Å². The summed E-state index contributed by atoms with van der Waals surface area (Å²) in [5, 5.41) is 0. The minimum atomic E-state index is 0.549. The summed E-state index contributed by atoms with van der Waals surface area (Å²) in [4.78, 5) is 2.06. The molecule has 0 bridgehead atoms. The van der Waals surface area contributed by atoms with Gasteiger partial charge in [-0.25, -0.2) is 0 Å². The Labute approximate surface area is 96.8 Å². The summed E-state index contributed by atoms with van der Waals surface area (Å²) in [6.07, 6.45) is 0.988. The molecule has 15 heavy (non-hydrogen) atoms. The molecule has 0 fully saturated rings. The first-order valence-electron chi connectivity index (χ1n) is 5.11. The minimum Gasteiger partial charge on any atom is -0.496 e. The second-order valence-electron chi connectivity index (χ2n) is 3.63. The number of hydrogen-bond donors (Lipinski definition) is 0. The van der Waals surface area contributed by atoms with Gasteiger partial charge in [-0.15, -0.1) is 11.6 Å². The van der Waals surface area contributed by atoms with Gasteiger partial charge in [-0.2, -0.15) is 0 Å². The van der Waals surface area contributed by atoms with Crippen LogP contribution in [0.25, 0.3) is 0 Å². The van der Waals surface area contributed by atoms with Crippen molar-refractivity contribution in [2.45, 2.75) is 19.9 Å². The van der Waals surface area contributed by atoms with Gasteiger partial charge in [0.15, 0.2) is 0 Å². The van der Waals surface area contributed by atoms with Crippen molar-refractivity contribution >= 4 is 11.6 Å². The molecule has 0 aliphatic carbocycles. The van der Waals surface area contributed by atoms with Crippen molar-refractivity contribution in [3.8, 4) is 5.75 Å². The molecular weight excluding hydrogens is 210 g/mol. The van der Waals surface area contributed by atoms with E-state index in [1.54, 1.807) is 7.11 Å². The van der Waals surface area contributed by atoms with E-state index < -0.39 is 0 Å². The van der Waals surface area contributed by atoms with Gasteiger partial charge < -0.3 is 4.74 Å². The molecular formula is C12H18ClNO. The van der Waals surface area contributed by atoms with Crippen LogP contribution in [-0.2, 0) is 13.0 Å². The van der Waals surface area contributed by atoms with Gasteiger partial charge in [0.05, 0.1) is 13.1 Å². The molecule has 0 heterocycles. The van der Waals surface area contributed by atoms with Crippen molar-refractivity contribution in [3.05, 3.63) is 29.3 Å². The number of rotatable bonds is 5. The van der Waals surface area contributed by atoms with Crippen LogP contribution < -0.4 is 4.74 Å². The molecule has 0 aliphatic heterocycles. The smallest absolute Gasteiger partial charge is 0.122 e. The zero-order valence-corrected chi connectivity index (χ0v) is 10.3. The fourth-order valence-corrected chi connectivity index (χ4v) is 1.65. The van der Waals surface area contributed by atoms with Crippen LogP contribution in [-0.4, -0.2) is 25.1 Å². The lowest BCUT2D eigenvalue weighted by Gasteiger charge is -2.14. The van der Waals surface area contributed by atoms with E-state index in [0.29, 0.717) is 6.00 Å². The summed E-state index contributed by atoms with van der Waals surface area (Å²) >= 11 is 5.74. The molecule has 0 N–H and O–H groups in total. The van der Waals surface area contributed by atoms with Crippen molar-refractivity contribution in [2.24, 2.45) is 0 Å². The Morgan fingerprint density at radius 1 is 1.40 bits per heavy atom. The molecule has 1 aromatic carbocycles. The Bertz CT molecular complexity index is 314. The molecule has 0 saturated heterocycles. The number of methoxy groups -OCH3 is 1. The van der Waals surface area contributed by atoms with Gasteiger partial charge in [0.1, 0.15) is 5.75 Å². The van der Waals surface area contributed by atoms with E-state index in [4.69, 9.17) is 16.3 Å². The standard InChI is InChI=1S/C12H18ClNO/c1-4-11-7-10(8-14(2)9-13)5-6-12(11)15-3/h5-7H,4,8-9H2,1-3H3. The van der Waals surface area contributed by atoms with Crippen LogP contribution in [0.4, 0.5) is 0 Å². The number of benzene rings is 1. The number of hydrogen-bond acceptors (Lipinski definition) is 2. The van der Waals surface area contributed by atoms with E-state index in [1.807, 2.05) is 13.1 Å². The Balaban J connectivity index is 2.83. The van der Waals surface area contributed by atoms with Crippen LogP contribution in [0.3, 0.4) is 0 Å². The normalized spacial score (nSPS) is 10.7. The first-order chi connectivity index (χ1) is 7.21. The van der Waals surface area contributed by atoms with Crippen LogP contribution in [0.5, 0.6) is 5.75 Å². The number of aryl methyl sites for hydroxylation is 1. The third-order valence-corrected chi connectivity index (χ3v) is 2.79. The van der Waals surface area contributed by atoms with Gasteiger partial charge in [0.25, 0.3) is 0 Å². The molecule has 0 saturated carbocycles. The molecule has 0 aliphatic rings. The molecule has 84 valence electrons. The van der Waals surface area contributed by atoms with Crippen LogP contribution in [0.1, 0.15) is 18.1 Å². The van der Waals surface area contributed by atoms with Crippen molar-refractivity contribution in [3.63, 3.8) is 0 Å². The Hall–Kier alpha value is -0.730. The predicted molar refractivity (Wildman–Crippen MR) is 64.6 cm³/mol. The van der Waals surface area contributed by atoms with E-state index in [9.17, 15) is 0 Å². The molecule has 0 amide bonds. The Kier molecular flexibility index (Phi) is 4.92. The monoisotopic (exact) mass is 227 g/mol. The van der Waals surface area contributed by atoms with Crippen molar-refractivity contribution < 1.29 is 4.74 Å². The van der Waals surface area contributed by atoms with Gasteiger partial charge in [-0.1, -0.05) is 19.1 Å². The predicted octanol–water partition coefficient (Wildman–Crippen LogP) is 2.89. The summed E-state index contributed by atoms with van der Waals surface area (Å²) in [6.45, 7) is 3.01. The summed E-state index contributed by atoms with van der Waals surface area (Å²) in [7, 11) is 3.71. The van der Waals surface area contributed by atoms with Gasteiger partial charge in [-0.3, -0.25) is 4.90 Å². The first-order valence-corrected chi connectivity index (χ1v) is 5.65. The molecule has 1 aromatic rings. The average molecular weight is 228 g/mol. The molecule has 2 nitrogen and oxygen atoms in total. The largest absolute Gasteiger partial charge is 0.496 e. The molecule has 3 heteroatoms. The quantitative estimate of drug-likeness (QED) is 0.567. The van der Waals surface area contributed by atoms with Crippen LogP contribution in [0, 0.1) is 0 Å². The van der Waals surface area contributed by atoms with E-state index >= 15 is 0 Å². The van der Waals surface area contributed by atoms with E-state index in [2.05, 4.69) is 24.0 Å². The summed E-state index contributed by atoms with van der Waals surface area (Å²) < 4.78 is 5.28. The molecule has 0 aromatic heterocycles. The molecule has 0 unspecified atom stereocenters. The van der Waals surface area contributed by atoms with E-state index in [-0.39, 0.29) is 0 Å². The van der Waals surface area contributed by atoms with E-state index in [0.717, 1.165) is 18.7 Å². The maximum absolute atomic E-state index is 5.74. The van der Waals surface area contributed by atoms with Crippen LogP contribution in [0.2, 0.25) is 0 Å². The minimum absolute atomic E-state index is 0.549. The highest BCUT2D eigenvalue weighted by molar-refractivity contribution is 6.17. The highest BCUT2D eigenvalue weighted by Gasteiger charge is 2.04. The van der Waals surface area contributed by atoms with Gasteiger partial charge in [-0.05, 0) is 30.7 Å². The molecule has 0 atom stereocenters. The first kappa shape index (κ1) is 12.3. The zero-order valence-electron chi connectivity index (χ0n) is 9.59. The lowest BCUT2D eigenvalue weighted by atomic mass is 10.1. The third kappa shape index (κ3) is 3.40. The number of ether oxygens (including phenoxy) is 1.